The molecule has 0 aliphatic carbocycles. The molecule has 1 aromatic carbocycles. The highest BCUT2D eigenvalue weighted by Crippen LogP contribution is 2.32. The fourth-order valence-electron chi connectivity index (χ4n) is 4.46. The van der Waals surface area contributed by atoms with Gasteiger partial charge in [-0.05, 0) is 50.3 Å². The Kier molecular flexibility index (Phi) is 7.17. The number of amides is 1. The van der Waals surface area contributed by atoms with Gasteiger partial charge in [0, 0.05) is 30.8 Å². The number of unbranched alkanes of at least 4 members (excludes halogenated alkanes) is 1. The second-order valence-corrected chi connectivity index (χ2v) is 11.0. The molecule has 1 amide bonds. The number of halogens is 1. The van der Waals surface area contributed by atoms with Gasteiger partial charge in [0.15, 0.2) is 5.82 Å². The Morgan fingerprint density at radius 3 is 2.84 bits per heavy atom. The van der Waals surface area contributed by atoms with Crippen LogP contribution in [-0.4, -0.2) is 51.7 Å². The molecule has 8 nitrogen and oxygen atoms in total. The second kappa shape index (κ2) is 9.89. The first-order valence-electron chi connectivity index (χ1n) is 11.4. The number of hydrogen-bond donors (Lipinski definition) is 1. The molecule has 2 aromatic rings. The van der Waals surface area contributed by atoms with E-state index < -0.39 is 16.1 Å². The maximum absolute atomic E-state index is 13.0. The summed E-state index contributed by atoms with van der Waals surface area (Å²) in [4.78, 5) is 13.0. The van der Waals surface area contributed by atoms with Gasteiger partial charge in [0.1, 0.15) is 11.9 Å². The highest BCUT2D eigenvalue weighted by atomic mass is 35.5. The van der Waals surface area contributed by atoms with E-state index in [-0.39, 0.29) is 11.7 Å². The minimum absolute atomic E-state index is 0.0797. The van der Waals surface area contributed by atoms with E-state index >= 15 is 0 Å². The molecular formula is C22H30ClN5O3S. The number of anilines is 1. The summed E-state index contributed by atoms with van der Waals surface area (Å²) in [5, 5.41) is 12.1. The van der Waals surface area contributed by atoms with Crippen molar-refractivity contribution in [3.63, 3.8) is 0 Å². The number of sulfonamides is 1. The monoisotopic (exact) mass is 479 g/mol. The van der Waals surface area contributed by atoms with Gasteiger partial charge >= 0.3 is 0 Å². The quantitative estimate of drug-likeness (QED) is 0.650. The first-order chi connectivity index (χ1) is 15.4. The van der Waals surface area contributed by atoms with Crippen molar-refractivity contribution in [2.45, 2.75) is 70.9 Å². The zero-order chi connectivity index (χ0) is 22.7. The Hall–Kier alpha value is -1.97. The number of benzene rings is 1. The zero-order valence-corrected chi connectivity index (χ0v) is 20.0. The molecule has 2 aliphatic rings. The number of hydrogen-bond acceptors (Lipinski definition) is 5. The van der Waals surface area contributed by atoms with Crippen LogP contribution < -0.4 is 5.32 Å². The highest BCUT2D eigenvalue weighted by Gasteiger charge is 2.38. The van der Waals surface area contributed by atoms with E-state index in [2.05, 4.69) is 20.1 Å². The number of nitrogens with zero attached hydrogens (tertiary/aromatic N) is 4. The van der Waals surface area contributed by atoms with E-state index in [0.717, 1.165) is 44.5 Å². The molecule has 1 saturated heterocycles. The van der Waals surface area contributed by atoms with Crippen molar-refractivity contribution >= 4 is 33.2 Å². The molecule has 174 valence electrons. The fourth-order valence-corrected chi connectivity index (χ4v) is 6.55. The van der Waals surface area contributed by atoms with Crippen molar-refractivity contribution in [3.05, 3.63) is 29.0 Å². The molecule has 0 bridgehead atoms. The molecule has 1 fully saturated rings. The van der Waals surface area contributed by atoms with Crippen LogP contribution in [-0.2, 0) is 27.8 Å². The maximum Gasteiger partial charge on any atom is 0.242 e. The average molecular weight is 480 g/mol. The summed E-state index contributed by atoms with van der Waals surface area (Å²) in [6, 6.07) is 4.58. The molecule has 0 saturated carbocycles. The highest BCUT2D eigenvalue weighted by molar-refractivity contribution is 7.89. The van der Waals surface area contributed by atoms with E-state index in [0.29, 0.717) is 47.9 Å². The summed E-state index contributed by atoms with van der Waals surface area (Å²) in [5.74, 6) is 1.43. The van der Waals surface area contributed by atoms with Crippen LogP contribution in [0.25, 0.3) is 11.4 Å². The number of aromatic nitrogens is 3. The molecule has 2 aliphatic heterocycles. The lowest BCUT2D eigenvalue weighted by molar-refractivity contribution is -0.119. The van der Waals surface area contributed by atoms with Gasteiger partial charge in [0.25, 0.3) is 0 Å². The molecule has 3 heterocycles. The lowest BCUT2D eigenvalue weighted by atomic mass is 10.1. The number of carbonyl (C=O) groups is 1. The summed E-state index contributed by atoms with van der Waals surface area (Å²) in [6.07, 6.45) is 6.81. The van der Waals surface area contributed by atoms with E-state index in [9.17, 15) is 13.2 Å². The van der Waals surface area contributed by atoms with Gasteiger partial charge in [0.2, 0.25) is 15.9 Å². The third-order valence-corrected chi connectivity index (χ3v) is 8.49. The van der Waals surface area contributed by atoms with Crippen molar-refractivity contribution in [3.8, 4) is 11.4 Å². The molecule has 0 radical (unpaired) electrons. The smallest absolute Gasteiger partial charge is 0.242 e. The SMILES string of the molecule is CCCCS(=O)(=O)N1CCCC1C(=O)Nc1ccc(Cl)c(-c2nnc3n2CCCCC3)c1. The van der Waals surface area contributed by atoms with Crippen LogP contribution in [0.1, 0.15) is 57.7 Å². The lowest BCUT2D eigenvalue weighted by Crippen LogP contribution is -2.44. The number of aryl methyl sites for hydroxylation is 1. The summed E-state index contributed by atoms with van der Waals surface area (Å²) < 4.78 is 28.9. The first kappa shape index (κ1) is 23.2. The van der Waals surface area contributed by atoms with E-state index in [1.807, 2.05) is 6.92 Å². The molecule has 4 rings (SSSR count). The molecule has 0 spiro atoms. The number of nitrogens with one attached hydrogen (secondary N) is 1. The van der Waals surface area contributed by atoms with Crippen LogP contribution in [0.2, 0.25) is 5.02 Å². The van der Waals surface area contributed by atoms with Crippen LogP contribution in [0.4, 0.5) is 5.69 Å². The van der Waals surface area contributed by atoms with Crippen molar-refractivity contribution in [1.82, 2.24) is 19.1 Å². The molecule has 1 aromatic heterocycles. The van der Waals surface area contributed by atoms with E-state index in [1.54, 1.807) is 18.2 Å². The average Bonchev–Trinajstić information content (AvgIpc) is 3.36. The van der Waals surface area contributed by atoms with Crippen LogP contribution in [0.3, 0.4) is 0 Å². The van der Waals surface area contributed by atoms with Gasteiger partial charge in [0.05, 0.1) is 10.8 Å². The van der Waals surface area contributed by atoms with Crippen LogP contribution >= 0.6 is 11.6 Å². The molecule has 32 heavy (non-hydrogen) atoms. The van der Waals surface area contributed by atoms with Gasteiger partial charge in [-0.1, -0.05) is 31.4 Å². The van der Waals surface area contributed by atoms with E-state index in [1.165, 1.54) is 4.31 Å². The lowest BCUT2D eigenvalue weighted by Gasteiger charge is -2.23. The normalized spacial score (nSPS) is 19.5. The minimum atomic E-state index is -3.44. The Morgan fingerprint density at radius 2 is 2.03 bits per heavy atom. The van der Waals surface area contributed by atoms with Crippen LogP contribution in [0.15, 0.2) is 18.2 Å². The third kappa shape index (κ3) is 4.84. The van der Waals surface area contributed by atoms with Crippen LogP contribution in [0, 0.1) is 0 Å². The molecule has 10 heteroatoms. The predicted octanol–water partition coefficient (Wildman–Crippen LogP) is 3.86. The van der Waals surface area contributed by atoms with Crippen molar-refractivity contribution in [2.24, 2.45) is 0 Å². The Morgan fingerprint density at radius 1 is 1.19 bits per heavy atom. The van der Waals surface area contributed by atoms with Gasteiger partial charge in [-0.2, -0.15) is 4.31 Å². The zero-order valence-electron chi connectivity index (χ0n) is 18.4. The third-order valence-electron chi connectivity index (χ3n) is 6.20. The standard InChI is InChI=1S/C22H30ClN5O3S/c1-2-3-14-32(30,31)28-13-7-8-19(28)22(29)24-16-10-11-18(23)17(15-16)21-26-25-20-9-5-4-6-12-27(20)21/h10-11,15,19H,2-9,12-14H2,1H3,(H,24,29). The molecular weight excluding hydrogens is 450 g/mol. The summed E-state index contributed by atoms with van der Waals surface area (Å²) in [5.41, 5.74) is 1.28. The predicted molar refractivity (Wildman–Crippen MR) is 125 cm³/mol. The Balaban J connectivity index is 1.55. The molecule has 1 unspecified atom stereocenters. The topological polar surface area (TPSA) is 97.2 Å². The van der Waals surface area contributed by atoms with Crippen molar-refractivity contribution < 1.29 is 13.2 Å². The molecule has 1 atom stereocenters. The van der Waals surface area contributed by atoms with Gasteiger partial charge in [-0.3, -0.25) is 4.79 Å². The largest absolute Gasteiger partial charge is 0.325 e. The number of rotatable bonds is 7. The van der Waals surface area contributed by atoms with Gasteiger partial charge < -0.3 is 9.88 Å². The fraction of sp³-hybridized carbons (Fsp3) is 0.591. The Labute approximate surface area is 194 Å². The van der Waals surface area contributed by atoms with E-state index in [4.69, 9.17) is 11.6 Å². The maximum atomic E-state index is 13.0. The molecule has 1 N–H and O–H groups in total. The van der Waals surface area contributed by atoms with Crippen LogP contribution in [0.5, 0.6) is 0 Å². The second-order valence-electron chi connectivity index (χ2n) is 8.52. The van der Waals surface area contributed by atoms with Gasteiger partial charge in [-0.15, -0.1) is 10.2 Å². The minimum Gasteiger partial charge on any atom is -0.325 e. The number of carbonyl (C=O) groups excluding carboxylic acids is 1. The summed E-state index contributed by atoms with van der Waals surface area (Å²) in [7, 11) is -3.44. The van der Waals surface area contributed by atoms with Gasteiger partial charge in [-0.25, -0.2) is 8.42 Å². The number of fused-ring (bicyclic) bond motifs is 1. The summed E-state index contributed by atoms with van der Waals surface area (Å²) >= 11 is 6.48. The van der Waals surface area contributed by atoms with Crippen molar-refractivity contribution in [1.29, 1.82) is 0 Å². The Bertz CT molecular complexity index is 1090. The summed E-state index contributed by atoms with van der Waals surface area (Å²) in [6.45, 7) is 3.19. The van der Waals surface area contributed by atoms with Crippen molar-refractivity contribution in [2.75, 3.05) is 17.6 Å². The first-order valence-corrected chi connectivity index (χ1v) is 13.4.